The Kier molecular flexibility index (Phi) is 5.51. The highest BCUT2D eigenvalue weighted by Gasteiger charge is 2.39. The van der Waals surface area contributed by atoms with Crippen LogP contribution in [0.4, 0.5) is 0 Å². The van der Waals surface area contributed by atoms with Gasteiger partial charge in [-0.1, -0.05) is 30.3 Å². The van der Waals surface area contributed by atoms with Crippen molar-refractivity contribution in [1.29, 1.82) is 0 Å². The van der Waals surface area contributed by atoms with Crippen LogP contribution in [0.3, 0.4) is 0 Å². The van der Waals surface area contributed by atoms with Crippen molar-refractivity contribution in [2.75, 3.05) is 6.54 Å². The molecule has 2 unspecified atom stereocenters. The van der Waals surface area contributed by atoms with E-state index in [4.69, 9.17) is 5.73 Å². The first-order valence-electron chi connectivity index (χ1n) is 7.34. The Balaban J connectivity index is 1.98. The molecule has 6 heteroatoms. The van der Waals surface area contributed by atoms with E-state index in [-0.39, 0.29) is 0 Å². The van der Waals surface area contributed by atoms with E-state index in [1.54, 1.807) is 0 Å². The number of carbonyl (C=O) groups excluding carboxylic acids is 2. The molecule has 1 aromatic rings. The first kappa shape index (κ1) is 16.5. The van der Waals surface area contributed by atoms with Gasteiger partial charge in [0.15, 0.2) is 0 Å². The molecule has 1 aliphatic rings. The molecule has 1 aliphatic heterocycles. The Hall–Kier alpha value is -1.92. The Morgan fingerprint density at radius 1 is 1.36 bits per heavy atom. The highest BCUT2D eigenvalue weighted by molar-refractivity contribution is 5.89. The maximum absolute atomic E-state index is 12.3. The topological polar surface area (TPSA) is 104 Å². The van der Waals surface area contributed by atoms with Gasteiger partial charge in [0.2, 0.25) is 5.91 Å². The van der Waals surface area contributed by atoms with Gasteiger partial charge in [-0.05, 0) is 24.8 Å². The molecule has 4 N–H and O–H groups in total. The predicted molar refractivity (Wildman–Crippen MR) is 80.4 cm³/mol. The van der Waals surface area contributed by atoms with Gasteiger partial charge in [-0.3, -0.25) is 9.59 Å². The number of primary amides is 1. The van der Waals surface area contributed by atoms with Gasteiger partial charge in [-0.2, -0.15) is 0 Å². The van der Waals surface area contributed by atoms with E-state index in [2.05, 4.69) is 0 Å². The van der Waals surface area contributed by atoms with Gasteiger partial charge in [0.1, 0.15) is 12.1 Å². The minimum Gasteiger partial charge on any atom is -0.390 e. The quantitative estimate of drug-likeness (QED) is 0.690. The Morgan fingerprint density at radius 2 is 2.05 bits per heavy atom. The predicted octanol–water partition coefficient (Wildman–Crippen LogP) is -0.369. The number of carbonyl (C=O) groups is 2. The molecule has 3 atom stereocenters. The van der Waals surface area contributed by atoms with Crippen molar-refractivity contribution in [3.05, 3.63) is 42.3 Å². The summed E-state index contributed by atoms with van der Waals surface area (Å²) in [6, 6.07) is 8.36. The molecular formula is C16H21N2O4. The van der Waals surface area contributed by atoms with Gasteiger partial charge < -0.3 is 20.8 Å². The average molecular weight is 305 g/mol. The molecule has 22 heavy (non-hydrogen) atoms. The second-order valence-corrected chi connectivity index (χ2v) is 5.46. The zero-order chi connectivity index (χ0) is 16.1. The number of aliphatic hydroxyl groups excluding tert-OH is 2. The van der Waals surface area contributed by atoms with E-state index in [1.165, 1.54) is 11.3 Å². The summed E-state index contributed by atoms with van der Waals surface area (Å²) < 4.78 is 0. The molecule has 119 valence electrons. The minimum atomic E-state index is -1.33. The average Bonchev–Trinajstić information content (AvgIpc) is 2.52. The lowest BCUT2D eigenvalue weighted by Gasteiger charge is -2.38. The number of nitrogens with two attached hydrogens (primary N) is 1. The molecule has 1 radical (unpaired) electrons. The van der Waals surface area contributed by atoms with Crippen LogP contribution in [0.2, 0.25) is 0 Å². The molecule has 6 nitrogen and oxygen atoms in total. The van der Waals surface area contributed by atoms with Gasteiger partial charge >= 0.3 is 0 Å². The lowest BCUT2D eigenvalue weighted by Crippen LogP contribution is -2.59. The fourth-order valence-electron chi connectivity index (χ4n) is 2.70. The first-order valence-corrected chi connectivity index (χ1v) is 7.34. The van der Waals surface area contributed by atoms with Crippen LogP contribution in [0.15, 0.2) is 30.3 Å². The highest BCUT2D eigenvalue weighted by Crippen LogP contribution is 2.19. The van der Waals surface area contributed by atoms with E-state index < -0.39 is 30.1 Å². The van der Waals surface area contributed by atoms with Crippen molar-refractivity contribution in [3.63, 3.8) is 0 Å². The number of likely N-dealkylation sites (tertiary alicyclic amines) is 1. The smallest absolute Gasteiger partial charge is 0.252 e. The van der Waals surface area contributed by atoms with Crippen molar-refractivity contribution in [3.8, 4) is 0 Å². The maximum atomic E-state index is 12.3. The monoisotopic (exact) mass is 305 g/mol. The Labute approximate surface area is 129 Å². The van der Waals surface area contributed by atoms with Crippen molar-refractivity contribution in [2.24, 2.45) is 5.73 Å². The molecule has 0 aromatic heterocycles. The highest BCUT2D eigenvalue weighted by atomic mass is 16.3. The third-order valence-corrected chi connectivity index (χ3v) is 3.85. The summed E-state index contributed by atoms with van der Waals surface area (Å²) in [4.78, 5) is 24.9. The van der Waals surface area contributed by atoms with Gasteiger partial charge in [-0.15, -0.1) is 0 Å². The number of nitrogens with zero attached hydrogens (tertiary/aromatic N) is 1. The summed E-state index contributed by atoms with van der Waals surface area (Å²) in [5, 5.41) is 19.9. The van der Waals surface area contributed by atoms with E-state index in [9.17, 15) is 19.8 Å². The summed E-state index contributed by atoms with van der Waals surface area (Å²) in [6.07, 6.45) is 0.606. The SMILES string of the molecule is NC(=O)C1C(O)CCCN1C(=O)[C@H](O)[CH]Cc1ccccc1. The Bertz CT molecular complexity index is 520. The summed E-state index contributed by atoms with van der Waals surface area (Å²) in [6.45, 7) is 0.305. The van der Waals surface area contributed by atoms with Crippen molar-refractivity contribution in [2.45, 2.75) is 37.5 Å². The molecule has 1 heterocycles. The molecule has 1 saturated heterocycles. The fourth-order valence-corrected chi connectivity index (χ4v) is 2.70. The molecule has 1 fully saturated rings. The summed E-state index contributed by atoms with van der Waals surface area (Å²) >= 11 is 0. The molecule has 0 bridgehead atoms. The van der Waals surface area contributed by atoms with Crippen LogP contribution in [0.5, 0.6) is 0 Å². The summed E-state index contributed by atoms with van der Waals surface area (Å²) in [7, 11) is 0. The van der Waals surface area contributed by atoms with Crippen molar-refractivity contribution >= 4 is 11.8 Å². The number of benzene rings is 1. The third kappa shape index (κ3) is 3.84. The number of amides is 2. The number of piperidine rings is 1. The van der Waals surface area contributed by atoms with Gasteiger partial charge in [-0.25, -0.2) is 0 Å². The van der Waals surface area contributed by atoms with Crippen LogP contribution in [0.1, 0.15) is 18.4 Å². The van der Waals surface area contributed by atoms with Crippen LogP contribution in [-0.4, -0.2) is 51.7 Å². The van der Waals surface area contributed by atoms with Crippen LogP contribution in [-0.2, 0) is 16.0 Å². The number of rotatable bonds is 5. The van der Waals surface area contributed by atoms with E-state index in [1.807, 2.05) is 30.3 Å². The number of hydrogen-bond donors (Lipinski definition) is 3. The van der Waals surface area contributed by atoms with Gasteiger partial charge in [0.25, 0.3) is 5.91 Å². The second kappa shape index (κ2) is 7.38. The molecule has 2 rings (SSSR count). The molecule has 0 spiro atoms. The minimum absolute atomic E-state index is 0.305. The Morgan fingerprint density at radius 3 is 2.68 bits per heavy atom. The largest absolute Gasteiger partial charge is 0.390 e. The van der Waals surface area contributed by atoms with Crippen LogP contribution < -0.4 is 5.73 Å². The lowest BCUT2D eigenvalue weighted by atomic mass is 9.96. The second-order valence-electron chi connectivity index (χ2n) is 5.46. The lowest BCUT2D eigenvalue weighted by molar-refractivity contribution is -0.152. The molecule has 2 amide bonds. The number of hydrogen-bond acceptors (Lipinski definition) is 4. The zero-order valence-corrected chi connectivity index (χ0v) is 12.3. The van der Waals surface area contributed by atoms with Gasteiger partial charge in [0, 0.05) is 13.0 Å². The van der Waals surface area contributed by atoms with Crippen LogP contribution in [0, 0.1) is 6.42 Å². The molecule has 1 aromatic carbocycles. The molecule has 0 aliphatic carbocycles. The standard InChI is InChI=1S/C16H21N2O4/c17-15(21)14-12(19)7-4-10-18(14)16(22)13(20)9-8-11-5-2-1-3-6-11/h1-3,5-6,9,12-14,19-20H,4,7-8,10H2,(H2,17,21)/t12?,13-,14?/m1/s1. The first-order chi connectivity index (χ1) is 10.5. The van der Waals surface area contributed by atoms with Crippen LogP contribution >= 0.6 is 0 Å². The van der Waals surface area contributed by atoms with Crippen molar-refractivity contribution in [1.82, 2.24) is 4.90 Å². The van der Waals surface area contributed by atoms with E-state index in [0.29, 0.717) is 25.8 Å². The fraction of sp³-hybridized carbons (Fsp3) is 0.438. The summed E-state index contributed by atoms with van der Waals surface area (Å²) in [5.41, 5.74) is 6.24. The third-order valence-electron chi connectivity index (χ3n) is 3.85. The van der Waals surface area contributed by atoms with Gasteiger partial charge in [0.05, 0.1) is 6.10 Å². The van der Waals surface area contributed by atoms with Crippen molar-refractivity contribution < 1.29 is 19.8 Å². The summed E-state index contributed by atoms with van der Waals surface area (Å²) in [5.74, 6) is -1.35. The molecular weight excluding hydrogens is 284 g/mol. The maximum Gasteiger partial charge on any atom is 0.252 e. The normalized spacial score (nSPS) is 23.1. The number of aliphatic hydroxyl groups is 2. The van der Waals surface area contributed by atoms with E-state index in [0.717, 1.165) is 5.56 Å². The van der Waals surface area contributed by atoms with E-state index >= 15 is 0 Å². The van der Waals surface area contributed by atoms with Crippen LogP contribution in [0.25, 0.3) is 0 Å². The molecule has 0 saturated carbocycles. The zero-order valence-electron chi connectivity index (χ0n) is 12.3.